The van der Waals surface area contributed by atoms with Crippen LogP contribution in [0, 0.1) is 6.92 Å². The average molecular weight is 576 g/mol. The number of fused-ring (bicyclic) bond motifs is 2. The molecule has 0 radical (unpaired) electrons. The maximum absolute atomic E-state index is 13.0. The van der Waals surface area contributed by atoms with E-state index in [4.69, 9.17) is 13.8 Å². The highest BCUT2D eigenvalue weighted by Crippen LogP contribution is 2.19. The van der Waals surface area contributed by atoms with Crippen LogP contribution in [0.3, 0.4) is 0 Å². The van der Waals surface area contributed by atoms with E-state index in [1.807, 2.05) is 31.0 Å². The molecule has 10 nitrogen and oxygen atoms in total. The van der Waals surface area contributed by atoms with E-state index in [-0.39, 0.29) is 30.5 Å². The largest absolute Gasteiger partial charge is 0.465 e. The molecule has 0 spiro atoms. The number of carbonyl (C=O) groups is 2. The molecule has 2 aliphatic heterocycles. The van der Waals surface area contributed by atoms with Crippen LogP contribution >= 0.6 is 0 Å². The summed E-state index contributed by atoms with van der Waals surface area (Å²) in [5.41, 5.74) is 3.15. The van der Waals surface area contributed by atoms with Crippen LogP contribution < -0.4 is 0 Å². The molecule has 1 fully saturated rings. The fourth-order valence-corrected chi connectivity index (χ4v) is 5.36. The summed E-state index contributed by atoms with van der Waals surface area (Å²) in [5, 5.41) is 1.37. The summed E-state index contributed by atoms with van der Waals surface area (Å²) in [5.74, 6) is -0.331. The predicted molar refractivity (Wildman–Crippen MR) is 151 cm³/mol. The molecular formula is C29H41N3O7S. The molecule has 220 valence electrons. The number of ether oxygens (including phenoxy) is 2. The van der Waals surface area contributed by atoms with Crippen molar-refractivity contribution < 1.29 is 31.8 Å². The summed E-state index contributed by atoms with van der Waals surface area (Å²) in [6, 6.07) is 11.9. The first-order valence-corrected chi connectivity index (χ1v) is 15.1. The maximum atomic E-state index is 13.0. The highest BCUT2D eigenvalue weighted by molar-refractivity contribution is 7.86. The molecule has 40 heavy (non-hydrogen) atoms. The van der Waals surface area contributed by atoms with E-state index in [1.54, 1.807) is 25.1 Å². The first-order valence-electron chi connectivity index (χ1n) is 13.7. The second kappa shape index (κ2) is 15.9. The van der Waals surface area contributed by atoms with Crippen molar-refractivity contribution in [2.24, 2.45) is 0 Å². The molecule has 0 amide bonds. The Balaban J connectivity index is 0.000000792. The molecule has 0 aliphatic carbocycles. The molecule has 2 aromatic carbocycles. The Hall–Kier alpha value is -2.67. The molecule has 4 rings (SSSR count). The molecule has 0 unspecified atom stereocenters. The van der Waals surface area contributed by atoms with Crippen molar-refractivity contribution >= 4 is 22.4 Å². The van der Waals surface area contributed by atoms with Gasteiger partial charge >= 0.3 is 16.1 Å². The van der Waals surface area contributed by atoms with Crippen LogP contribution in [0.5, 0.6) is 0 Å². The minimum atomic E-state index is -4.07. The fraction of sp³-hybridized carbons (Fsp3) is 0.517. The third-order valence-corrected chi connectivity index (χ3v) is 7.74. The lowest BCUT2D eigenvalue weighted by Gasteiger charge is -2.29. The third-order valence-electron chi connectivity index (χ3n) is 6.48. The van der Waals surface area contributed by atoms with Crippen molar-refractivity contribution in [1.82, 2.24) is 14.9 Å². The van der Waals surface area contributed by atoms with Crippen molar-refractivity contribution in [3.63, 3.8) is 0 Å². The van der Waals surface area contributed by atoms with Gasteiger partial charge in [-0.15, -0.1) is 0 Å². The number of hydroxylamine groups is 2. The maximum Gasteiger partial charge on any atom is 0.320 e. The Kier molecular flexibility index (Phi) is 12.7. The molecule has 0 atom stereocenters. The zero-order valence-corrected chi connectivity index (χ0v) is 24.5. The minimum absolute atomic E-state index is 0.0570. The van der Waals surface area contributed by atoms with E-state index < -0.39 is 10.1 Å². The quantitative estimate of drug-likeness (QED) is 0.361. The zero-order valence-electron chi connectivity index (χ0n) is 23.7. The minimum Gasteiger partial charge on any atom is -0.465 e. The van der Waals surface area contributed by atoms with Gasteiger partial charge in [0.2, 0.25) is 0 Å². The number of benzene rings is 2. The molecule has 0 aromatic heterocycles. The van der Waals surface area contributed by atoms with Crippen molar-refractivity contribution in [2.75, 3.05) is 59.6 Å². The summed E-state index contributed by atoms with van der Waals surface area (Å²) in [7, 11) is -2.09. The van der Waals surface area contributed by atoms with E-state index in [0.29, 0.717) is 38.3 Å². The fourth-order valence-electron chi connectivity index (χ4n) is 4.40. The molecule has 11 heteroatoms. The van der Waals surface area contributed by atoms with Crippen LogP contribution in [0.25, 0.3) is 0 Å². The first kappa shape index (κ1) is 31.9. The molecule has 0 saturated carbocycles. The van der Waals surface area contributed by atoms with E-state index in [0.717, 1.165) is 36.2 Å². The molecule has 2 aromatic rings. The molecule has 1 saturated heterocycles. The molecule has 0 N–H and O–H groups in total. The van der Waals surface area contributed by atoms with Gasteiger partial charge in [-0.25, -0.2) is 0 Å². The number of carbonyl (C=O) groups excluding carboxylic acids is 2. The van der Waals surface area contributed by atoms with Crippen LogP contribution in [-0.2, 0) is 41.8 Å². The number of hydrogen-bond donors (Lipinski definition) is 0. The summed E-state index contributed by atoms with van der Waals surface area (Å²) in [4.78, 5) is 27.8. The topological polar surface area (TPSA) is 106 Å². The van der Waals surface area contributed by atoms with Crippen LogP contribution in [0.2, 0.25) is 0 Å². The van der Waals surface area contributed by atoms with Crippen molar-refractivity contribution in [1.29, 1.82) is 0 Å². The van der Waals surface area contributed by atoms with Gasteiger partial charge in [-0.3, -0.25) is 14.5 Å². The number of nitrogens with zero attached hydrogens (tertiary/aromatic N) is 3. The lowest BCUT2D eigenvalue weighted by atomic mass is 10.1. The predicted octanol–water partition coefficient (Wildman–Crippen LogP) is 3.04. The summed E-state index contributed by atoms with van der Waals surface area (Å²) in [6.07, 6.45) is 3.34. The van der Waals surface area contributed by atoms with Gasteiger partial charge in [0.15, 0.2) is 0 Å². The van der Waals surface area contributed by atoms with Gasteiger partial charge in [0, 0.05) is 51.5 Å². The second-order valence-corrected chi connectivity index (χ2v) is 11.6. The Morgan fingerprint density at radius 1 is 0.975 bits per heavy atom. The normalized spacial score (nSPS) is 17.7. The highest BCUT2D eigenvalue weighted by atomic mass is 32.2. The van der Waals surface area contributed by atoms with E-state index in [1.165, 1.54) is 30.0 Å². The van der Waals surface area contributed by atoms with Crippen LogP contribution in [0.4, 0.5) is 0 Å². The Bertz CT molecular complexity index is 1190. The number of aryl methyl sites for hydroxylation is 1. The van der Waals surface area contributed by atoms with Gasteiger partial charge in [0.1, 0.15) is 6.29 Å². The number of esters is 1. The van der Waals surface area contributed by atoms with Crippen molar-refractivity contribution in [3.05, 3.63) is 64.7 Å². The van der Waals surface area contributed by atoms with Crippen LogP contribution in [0.15, 0.2) is 47.4 Å². The van der Waals surface area contributed by atoms with E-state index in [2.05, 4.69) is 4.90 Å². The number of hydrogen-bond acceptors (Lipinski definition) is 10. The van der Waals surface area contributed by atoms with Gasteiger partial charge in [0.05, 0.1) is 24.6 Å². The van der Waals surface area contributed by atoms with Crippen LogP contribution in [0.1, 0.15) is 46.8 Å². The number of aldehydes is 1. The lowest BCUT2D eigenvalue weighted by Crippen LogP contribution is -2.42. The average Bonchev–Trinajstić information content (AvgIpc) is 3.50. The van der Waals surface area contributed by atoms with Gasteiger partial charge in [-0.05, 0) is 69.1 Å². The van der Waals surface area contributed by atoms with Gasteiger partial charge in [0.25, 0.3) is 0 Å². The smallest absolute Gasteiger partial charge is 0.320 e. The first-order chi connectivity index (χ1) is 19.2. The van der Waals surface area contributed by atoms with Gasteiger partial charge in [-0.2, -0.15) is 17.8 Å². The zero-order chi connectivity index (χ0) is 29.0. The standard InChI is InChI=1S/C25H33N3O6S.C4H8O/c1-4-33-25(30)18-27-10-9-26(3)16-21-13-22(15-23(14-21)19-29)17-28(12-11-27)34-35(31,32)24-7-5-20(2)6-8-24;1-2-4-5-3-1/h5-8,13-15,19H,4,9-12,16-18H2,1-3H3;1-4H2. The number of rotatable bonds is 7. The number of likely N-dealkylation sites (N-methyl/N-ethyl adjacent to an activating group) is 1. The Labute approximate surface area is 237 Å². The van der Waals surface area contributed by atoms with Crippen molar-refractivity contribution in [2.45, 2.75) is 44.7 Å². The van der Waals surface area contributed by atoms with Gasteiger partial charge in [-0.1, -0.05) is 23.8 Å². The summed E-state index contributed by atoms with van der Waals surface area (Å²) in [6.45, 7) is 8.63. The van der Waals surface area contributed by atoms with Crippen molar-refractivity contribution in [3.8, 4) is 0 Å². The lowest BCUT2D eigenvalue weighted by molar-refractivity contribution is -0.145. The second-order valence-electron chi connectivity index (χ2n) is 10.0. The highest BCUT2D eigenvalue weighted by Gasteiger charge is 2.23. The van der Waals surface area contributed by atoms with E-state index in [9.17, 15) is 18.0 Å². The SMILES string of the molecule is C1CCOC1.CCOC(=O)CN1CCN(C)Cc2cc(C=O)cc(c2)CN(OS(=O)(=O)c2ccc(C)cc2)CC1. The monoisotopic (exact) mass is 575 g/mol. The van der Waals surface area contributed by atoms with E-state index >= 15 is 0 Å². The summed E-state index contributed by atoms with van der Waals surface area (Å²) >= 11 is 0. The molecule has 2 aliphatic rings. The molecule has 2 heterocycles. The Morgan fingerprint density at radius 3 is 2.23 bits per heavy atom. The molecule has 2 bridgehead atoms. The Morgan fingerprint density at radius 2 is 1.62 bits per heavy atom. The van der Waals surface area contributed by atoms with Crippen LogP contribution in [-0.4, -0.2) is 95.1 Å². The molecular weight excluding hydrogens is 534 g/mol. The summed E-state index contributed by atoms with van der Waals surface area (Å²) < 4.78 is 41.6. The third kappa shape index (κ3) is 10.7. The van der Waals surface area contributed by atoms with Gasteiger partial charge < -0.3 is 14.4 Å².